The normalized spacial score (nSPS) is 15.8. The molecule has 0 bridgehead atoms. The molecule has 1 heterocycles. The molecule has 1 N–H and O–H groups in total. The van der Waals surface area contributed by atoms with Crippen LogP contribution in [0.3, 0.4) is 0 Å². The number of hydrogen-bond acceptors (Lipinski definition) is 3. The minimum absolute atomic E-state index is 0.154. The quantitative estimate of drug-likeness (QED) is 0.822. The van der Waals surface area contributed by atoms with Gasteiger partial charge in [-0.25, -0.2) is 4.79 Å². The van der Waals surface area contributed by atoms with Crippen molar-refractivity contribution >= 4 is 17.6 Å². The van der Waals surface area contributed by atoms with Crippen LogP contribution in [0.15, 0.2) is 24.3 Å². The van der Waals surface area contributed by atoms with Gasteiger partial charge in [0.05, 0.1) is 0 Å². The van der Waals surface area contributed by atoms with Crippen molar-refractivity contribution < 1.29 is 27.5 Å². The Labute approximate surface area is 99.1 Å². The molecule has 1 aliphatic rings. The fraction of sp³-hybridized carbons (Fsp3) is 0.200. The maximum Gasteiger partial charge on any atom is 0.573 e. The van der Waals surface area contributed by atoms with Crippen LogP contribution < -0.4 is 15.0 Å². The molecule has 0 spiro atoms. The molecule has 0 aliphatic carbocycles. The van der Waals surface area contributed by atoms with E-state index in [-0.39, 0.29) is 6.54 Å². The minimum atomic E-state index is -4.76. The molecule has 1 aromatic rings. The van der Waals surface area contributed by atoms with Gasteiger partial charge in [-0.05, 0) is 24.3 Å². The van der Waals surface area contributed by atoms with E-state index in [2.05, 4.69) is 10.1 Å². The third-order valence-corrected chi connectivity index (χ3v) is 2.18. The lowest BCUT2D eigenvalue weighted by Gasteiger charge is -2.14. The first-order valence-electron chi connectivity index (χ1n) is 4.82. The molecule has 1 saturated heterocycles. The molecule has 1 fully saturated rings. The zero-order chi connectivity index (χ0) is 13.3. The van der Waals surface area contributed by atoms with Gasteiger partial charge in [0.15, 0.2) is 0 Å². The number of rotatable bonds is 2. The first-order chi connectivity index (χ1) is 8.35. The van der Waals surface area contributed by atoms with Crippen LogP contribution in [0.1, 0.15) is 0 Å². The van der Waals surface area contributed by atoms with Crippen molar-refractivity contribution in [3.63, 3.8) is 0 Å². The van der Waals surface area contributed by atoms with Gasteiger partial charge in [0, 0.05) is 5.69 Å². The number of carbonyl (C=O) groups is 2. The molecule has 18 heavy (non-hydrogen) atoms. The van der Waals surface area contributed by atoms with Crippen molar-refractivity contribution in [1.29, 1.82) is 0 Å². The third-order valence-electron chi connectivity index (χ3n) is 2.18. The highest BCUT2D eigenvalue weighted by Gasteiger charge is 2.31. The molecule has 0 saturated carbocycles. The van der Waals surface area contributed by atoms with Crippen LogP contribution in [0.5, 0.6) is 5.75 Å². The smallest absolute Gasteiger partial charge is 0.406 e. The highest BCUT2D eigenvalue weighted by molar-refractivity contribution is 6.12. The second kappa shape index (κ2) is 4.21. The summed E-state index contributed by atoms with van der Waals surface area (Å²) in [6, 6.07) is 4.06. The highest BCUT2D eigenvalue weighted by Crippen LogP contribution is 2.25. The molecule has 8 heteroatoms. The molecule has 1 aliphatic heterocycles. The second-order valence-electron chi connectivity index (χ2n) is 3.48. The van der Waals surface area contributed by atoms with Crippen LogP contribution in [0.2, 0.25) is 0 Å². The molecule has 5 nitrogen and oxygen atoms in total. The van der Waals surface area contributed by atoms with E-state index in [4.69, 9.17) is 0 Å². The first kappa shape index (κ1) is 12.2. The number of hydrogen-bond donors (Lipinski definition) is 1. The Bertz CT molecular complexity index is 484. The van der Waals surface area contributed by atoms with Crippen molar-refractivity contribution in [3.05, 3.63) is 24.3 Å². The number of nitrogens with zero attached hydrogens (tertiary/aromatic N) is 1. The van der Waals surface area contributed by atoms with Gasteiger partial charge in [0.25, 0.3) is 0 Å². The fourth-order valence-electron chi connectivity index (χ4n) is 1.48. The maximum absolute atomic E-state index is 11.9. The Kier molecular flexibility index (Phi) is 2.85. The van der Waals surface area contributed by atoms with Crippen LogP contribution in [0.4, 0.5) is 23.7 Å². The molecule has 1 aromatic carbocycles. The zero-order valence-electron chi connectivity index (χ0n) is 8.82. The largest absolute Gasteiger partial charge is 0.573 e. The molecule has 2 rings (SSSR count). The van der Waals surface area contributed by atoms with Crippen molar-refractivity contribution in [2.24, 2.45) is 0 Å². The lowest BCUT2D eigenvalue weighted by atomic mass is 10.3. The summed E-state index contributed by atoms with van der Waals surface area (Å²) in [5.41, 5.74) is 0.313. The predicted octanol–water partition coefficient (Wildman–Crippen LogP) is 1.64. The van der Waals surface area contributed by atoms with Crippen LogP contribution in [0.25, 0.3) is 0 Å². The number of halogens is 3. The summed E-state index contributed by atoms with van der Waals surface area (Å²) >= 11 is 0. The Morgan fingerprint density at radius 3 is 2.22 bits per heavy atom. The second-order valence-corrected chi connectivity index (χ2v) is 3.48. The van der Waals surface area contributed by atoms with E-state index in [1.165, 1.54) is 12.1 Å². The van der Waals surface area contributed by atoms with Crippen LogP contribution in [0, 0.1) is 0 Å². The lowest BCUT2D eigenvalue weighted by molar-refractivity contribution is -0.274. The molecule has 0 radical (unpaired) electrons. The van der Waals surface area contributed by atoms with E-state index in [0.29, 0.717) is 5.69 Å². The number of ether oxygens (including phenoxy) is 1. The number of amides is 3. The number of urea groups is 1. The SMILES string of the molecule is O=C1CN(c2ccc(OC(F)(F)F)cc2)C(=O)N1. The van der Waals surface area contributed by atoms with Crippen molar-refractivity contribution in [1.82, 2.24) is 5.32 Å². The van der Waals surface area contributed by atoms with E-state index in [1.54, 1.807) is 0 Å². The van der Waals surface area contributed by atoms with Gasteiger partial charge < -0.3 is 4.74 Å². The van der Waals surface area contributed by atoms with Crippen molar-refractivity contribution in [3.8, 4) is 5.75 Å². The van der Waals surface area contributed by atoms with Crippen LogP contribution in [-0.2, 0) is 4.79 Å². The summed E-state index contributed by atoms with van der Waals surface area (Å²) in [7, 11) is 0. The Morgan fingerprint density at radius 2 is 1.78 bits per heavy atom. The molecular weight excluding hydrogens is 253 g/mol. The van der Waals surface area contributed by atoms with Gasteiger partial charge in [0.2, 0.25) is 5.91 Å². The lowest BCUT2D eigenvalue weighted by Crippen LogP contribution is -2.27. The number of imide groups is 1. The molecule has 96 valence electrons. The van der Waals surface area contributed by atoms with E-state index in [0.717, 1.165) is 17.0 Å². The monoisotopic (exact) mass is 260 g/mol. The Hall–Kier alpha value is -2.25. The number of nitrogens with one attached hydrogen (secondary N) is 1. The molecular formula is C10H7F3N2O3. The van der Waals surface area contributed by atoms with Gasteiger partial charge in [0.1, 0.15) is 12.3 Å². The molecule has 3 amide bonds. The van der Waals surface area contributed by atoms with Crippen molar-refractivity contribution in [2.45, 2.75) is 6.36 Å². The third kappa shape index (κ3) is 2.70. The predicted molar refractivity (Wildman–Crippen MR) is 54.0 cm³/mol. The minimum Gasteiger partial charge on any atom is -0.406 e. The topological polar surface area (TPSA) is 58.6 Å². The average Bonchev–Trinajstić information content (AvgIpc) is 2.57. The van der Waals surface area contributed by atoms with E-state index in [1.807, 2.05) is 0 Å². The Balaban J connectivity index is 2.13. The highest BCUT2D eigenvalue weighted by atomic mass is 19.4. The summed E-state index contributed by atoms with van der Waals surface area (Å²) < 4.78 is 39.4. The standard InChI is InChI=1S/C10H7F3N2O3/c11-10(12,13)18-7-3-1-6(2-4-7)15-5-8(16)14-9(15)17/h1-4H,5H2,(H,14,16,17). The summed E-state index contributed by atoms with van der Waals surface area (Å²) in [4.78, 5) is 23.3. The zero-order valence-corrected chi connectivity index (χ0v) is 8.82. The van der Waals surface area contributed by atoms with Gasteiger partial charge in [-0.1, -0.05) is 0 Å². The molecule has 0 unspecified atom stereocenters. The van der Waals surface area contributed by atoms with E-state index >= 15 is 0 Å². The summed E-state index contributed by atoms with van der Waals surface area (Å²) in [5, 5.41) is 2.06. The van der Waals surface area contributed by atoms with Gasteiger partial charge >= 0.3 is 12.4 Å². The maximum atomic E-state index is 11.9. The summed E-state index contributed by atoms with van der Waals surface area (Å²) in [6.45, 7) is -0.154. The van der Waals surface area contributed by atoms with Crippen LogP contribution >= 0.6 is 0 Å². The van der Waals surface area contributed by atoms with E-state index < -0.39 is 24.1 Å². The first-order valence-corrected chi connectivity index (χ1v) is 4.82. The molecule has 0 atom stereocenters. The number of anilines is 1. The fourth-order valence-corrected chi connectivity index (χ4v) is 1.48. The van der Waals surface area contributed by atoms with Gasteiger partial charge in [-0.2, -0.15) is 0 Å². The van der Waals surface area contributed by atoms with Crippen molar-refractivity contribution in [2.75, 3.05) is 11.4 Å². The summed E-state index contributed by atoms with van der Waals surface area (Å²) in [6.07, 6.45) is -4.76. The Morgan fingerprint density at radius 1 is 1.17 bits per heavy atom. The number of carbonyl (C=O) groups excluding carboxylic acids is 2. The van der Waals surface area contributed by atoms with E-state index in [9.17, 15) is 22.8 Å². The molecule has 0 aromatic heterocycles. The summed E-state index contributed by atoms with van der Waals surface area (Å²) in [5.74, 6) is -0.854. The number of alkyl halides is 3. The number of benzene rings is 1. The average molecular weight is 260 g/mol. The van der Waals surface area contributed by atoms with Gasteiger partial charge in [-0.3, -0.25) is 15.0 Å². The van der Waals surface area contributed by atoms with Crippen LogP contribution in [-0.4, -0.2) is 24.8 Å². The van der Waals surface area contributed by atoms with Gasteiger partial charge in [-0.15, -0.1) is 13.2 Å².